The third-order valence-electron chi connectivity index (χ3n) is 4.09. The van der Waals surface area contributed by atoms with Gasteiger partial charge in [0.05, 0.1) is 19.3 Å². The van der Waals surface area contributed by atoms with Crippen molar-refractivity contribution in [3.05, 3.63) is 65.5 Å². The van der Waals surface area contributed by atoms with Gasteiger partial charge in [-0.3, -0.25) is 4.79 Å². The predicted molar refractivity (Wildman–Crippen MR) is 83.8 cm³/mol. The summed E-state index contributed by atoms with van der Waals surface area (Å²) >= 11 is 0. The number of nitrogens with zero attached hydrogens (tertiary/aromatic N) is 1. The second-order valence-electron chi connectivity index (χ2n) is 5.65. The highest BCUT2D eigenvalue weighted by atomic mass is 19.1. The zero-order valence-corrected chi connectivity index (χ0v) is 12.8. The lowest BCUT2D eigenvalue weighted by atomic mass is 10.0. The second kappa shape index (κ2) is 6.38. The summed E-state index contributed by atoms with van der Waals surface area (Å²) in [6.07, 6.45) is -0.141. The number of carbonyl (C=O) groups is 1. The number of aliphatic hydroxyl groups is 1. The van der Waals surface area contributed by atoms with Crippen LogP contribution in [0, 0.1) is 5.82 Å². The summed E-state index contributed by atoms with van der Waals surface area (Å²) in [5, 5.41) is 10.0. The Bertz CT molecular complexity index is 719. The van der Waals surface area contributed by atoms with Crippen molar-refractivity contribution < 1.29 is 19.0 Å². The number of rotatable bonds is 3. The minimum Gasteiger partial charge on any atom is -0.497 e. The summed E-state index contributed by atoms with van der Waals surface area (Å²) < 4.78 is 18.6. The van der Waals surface area contributed by atoms with Crippen molar-refractivity contribution in [2.45, 2.75) is 18.6 Å². The average molecular weight is 315 g/mol. The molecule has 1 aliphatic heterocycles. The van der Waals surface area contributed by atoms with Crippen LogP contribution in [0.3, 0.4) is 0 Å². The van der Waals surface area contributed by atoms with Crippen molar-refractivity contribution in [3.63, 3.8) is 0 Å². The fourth-order valence-electron chi connectivity index (χ4n) is 2.99. The van der Waals surface area contributed by atoms with Crippen LogP contribution in [-0.4, -0.2) is 35.7 Å². The van der Waals surface area contributed by atoms with E-state index in [4.69, 9.17) is 4.74 Å². The third kappa shape index (κ3) is 3.19. The fourth-order valence-corrected chi connectivity index (χ4v) is 2.99. The normalized spacial score (nSPS) is 20.6. The smallest absolute Gasteiger partial charge is 0.254 e. The summed E-state index contributed by atoms with van der Waals surface area (Å²) in [4.78, 5) is 14.3. The van der Waals surface area contributed by atoms with E-state index in [1.807, 2.05) is 24.3 Å². The molecular weight excluding hydrogens is 297 g/mol. The second-order valence-corrected chi connectivity index (χ2v) is 5.65. The highest BCUT2D eigenvalue weighted by Crippen LogP contribution is 2.34. The zero-order chi connectivity index (χ0) is 16.4. The number of aliphatic hydroxyl groups excluding tert-OH is 1. The molecule has 0 aromatic heterocycles. The van der Waals surface area contributed by atoms with Crippen molar-refractivity contribution >= 4 is 5.91 Å². The van der Waals surface area contributed by atoms with Crippen LogP contribution in [0.15, 0.2) is 48.5 Å². The number of ether oxygens (including phenoxy) is 1. The average Bonchev–Trinajstić information content (AvgIpc) is 2.96. The number of likely N-dealkylation sites (tertiary alicyclic amines) is 1. The monoisotopic (exact) mass is 315 g/mol. The lowest BCUT2D eigenvalue weighted by Crippen LogP contribution is -2.31. The lowest BCUT2D eigenvalue weighted by molar-refractivity contribution is 0.0715. The maximum Gasteiger partial charge on any atom is 0.254 e. The molecule has 0 radical (unpaired) electrons. The van der Waals surface area contributed by atoms with Crippen molar-refractivity contribution in [3.8, 4) is 5.75 Å². The molecule has 1 amide bonds. The Kier molecular flexibility index (Phi) is 4.30. The van der Waals surface area contributed by atoms with E-state index in [2.05, 4.69) is 0 Å². The molecule has 2 aromatic carbocycles. The molecule has 23 heavy (non-hydrogen) atoms. The topological polar surface area (TPSA) is 49.8 Å². The molecule has 1 heterocycles. The number of benzene rings is 2. The third-order valence-corrected chi connectivity index (χ3v) is 4.09. The molecule has 0 bridgehead atoms. The number of hydrogen-bond donors (Lipinski definition) is 1. The van der Waals surface area contributed by atoms with Crippen LogP contribution in [-0.2, 0) is 0 Å². The molecule has 1 saturated heterocycles. The van der Waals surface area contributed by atoms with Gasteiger partial charge in [0.1, 0.15) is 11.6 Å². The van der Waals surface area contributed by atoms with Crippen LogP contribution >= 0.6 is 0 Å². The van der Waals surface area contributed by atoms with Crippen molar-refractivity contribution in [1.29, 1.82) is 0 Å². The van der Waals surface area contributed by atoms with Gasteiger partial charge in [-0.15, -0.1) is 0 Å². The lowest BCUT2D eigenvalue weighted by Gasteiger charge is -2.25. The molecule has 2 aromatic rings. The minimum atomic E-state index is -0.594. The van der Waals surface area contributed by atoms with Gasteiger partial charge in [0, 0.05) is 12.1 Å². The quantitative estimate of drug-likeness (QED) is 0.947. The number of halogens is 1. The van der Waals surface area contributed by atoms with E-state index in [-0.39, 0.29) is 24.1 Å². The van der Waals surface area contributed by atoms with Crippen molar-refractivity contribution in [2.24, 2.45) is 0 Å². The zero-order valence-electron chi connectivity index (χ0n) is 12.8. The Morgan fingerprint density at radius 2 is 2.04 bits per heavy atom. The van der Waals surface area contributed by atoms with Gasteiger partial charge in [0.15, 0.2) is 0 Å². The van der Waals surface area contributed by atoms with Gasteiger partial charge in [-0.25, -0.2) is 4.39 Å². The Balaban J connectivity index is 1.91. The summed E-state index contributed by atoms with van der Waals surface area (Å²) in [6, 6.07) is 12.8. The van der Waals surface area contributed by atoms with Gasteiger partial charge in [-0.05, 0) is 42.3 Å². The Morgan fingerprint density at radius 3 is 2.78 bits per heavy atom. The molecule has 3 rings (SSSR count). The molecule has 1 N–H and O–H groups in total. The highest BCUT2D eigenvalue weighted by molar-refractivity contribution is 5.94. The molecule has 120 valence electrons. The number of β-amino-alcohol motifs (C(OH)–C–C–N with tert-alkyl or cyclic N) is 1. The van der Waals surface area contributed by atoms with E-state index in [1.54, 1.807) is 18.1 Å². The van der Waals surface area contributed by atoms with E-state index in [1.165, 1.54) is 18.2 Å². The van der Waals surface area contributed by atoms with Crippen LogP contribution in [0.4, 0.5) is 4.39 Å². The van der Waals surface area contributed by atoms with Crippen molar-refractivity contribution in [1.82, 2.24) is 4.90 Å². The van der Waals surface area contributed by atoms with Crippen LogP contribution in [0.5, 0.6) is 5.75 Å². The van der Waals surface area contributed by atoms with E-state index in [9.17, 15) is 14.3 Å². The molecule has 0 spiro atoms. The van der Waals surface area contributed by atoms with Gasteiger partial charge in [-0.1, -0.05) is 18.2 Å². The first-order chi connectivity index (χ1) is 11.1. The van der Waals surface area contributed by atoms with Crippen molar-refractivity contribution in [2.75, 3.05) is 13.7 Å². The molecule has 0 saturated carbocycles. The standard InChI is InChI=1S/C18H18FNO3/c1-23-16-7-3-4-12(9-16)17-10-15(21)11-20(17)18(22)13-5-2-6-14(19)8-13/h2-9,15,17,21H,10-11H2,1H3/t15-,17+/m0/s1. The number of hydrogen-bond acceptors (Lipinski definition) is 3. The molecule has 5 heteroatoms. The maximum absolute atomic E-state index is 13.4. The molecule has 1 fully saturated rings. The molecule has 1 aliphatic rings. The summed E-state index contributed by atoms with van der Waals surface area (Å²) in [5.74, 6) is -0.0376. The molecule has 2 atom stereocenters. The van der Waals surface area contributed by atoms with E-state index < -0.39 is 11.9 Å². The first-order valence-electron chi connectivity index (χ1n) is 7.47. The Hall–Kier alpha value is -2.40. The first-order valence-corrected chi connectivity index (χ1v) is 7.47. The van der Waals surface area contributed by atoms with Gasteiger partial charge >= 0.3 is 0 Å². The fraction of sp³-hybridized carbons (Fsp3) is 0.278. The summed E-state index contributed by atoms with van der Waals surface area (Å²) in [5.41, 5.74) is 1.18. The SMILES string of the molecule is COc1cccc([C@H]2C[C@H](O)CN2C(=O)c2cccc(F)c2)c1. The van der Waals surface area contributed by atoms with E-state index in [0.29, 0.717) is 12.2 Å². The summed E-state index contributed by atoms with van der Waals surface area (Å²) in [6.45, 7) is 0.233. The van der Waals surface area contributed by atoms with Gasteiger partial charge in [0.25, 0.3) is 5.91 Å². The highest BCUT2D eigenvalue weighted by Gasteiger charge is 2.35. The van der Waals surface area contributed by atoms with Crippen LogP contribution in [0.25, 0.3) is 0 Å². The summed E-state index contributed by atoms with van der Waals surface area (Å²) in [7, 11) is 1.58. The van der Waals surface area contributed by atoms with E-state index in [0.717, 1.165) is 5.56 Å². The van der Waals surface area contributed by atoms with E-state index >= 15 is 0 Å². The van der Waals surface area contributed by atoms with Crippen LogP contribution in [0.1, 0.15) is 28.4 Å². The molecule has 0 unspecified atom stereocenters. The predicted octanol–water partition coefficient (Wildman–Crippen LogP) is 2.78. The molecule has 0 aliphatic carbocycles. The van der Waals surface area contributed by atoms with Gasteiger partial charge < -0.3 is 14.7 Å². The largest absolute Gasteiger partial charge is 0.497 e. The van der Waals surface area contributed by atoms with Crippen LogP contribution in [0.2, 0.25) is 0 Å². The number of methoxy groups -OCH3 is 1. The molecular formula is C18H18FNO3. The van der Waals surface area contributed by atoms with Gasteiger partial charge in [0.2, 0.25) is 0 Å². The Morgan fingerprint density at radius 1 is 1.26 bits per heavy atom. The number of carbonyl (C=O) groups excluding carboxylic acids is 1. The molecule has 4 nitrogen and oxygen atoms in total. The van der Waals surface area contributed by atoms with Gasteiger partial charge in [-0.2, -0.15) is 0 Å². The first kappa shape index (κ1) is 15.5. The Labute approximate surface area is 134 Å². The van der Waals surface area contributed by atoms with Crippen LogP contribution < -0.4 is 4.74 Å². The number of amides is 1. The minimum absolute atomic E-state index is 0.233. The maximum atomic E-state index is 13.4.